The summed E-state index contributed by atoms with van der Waals surface area (Å²) in [6, 6.07) is 4.09. The van der Waals surface area contributed by atoms with Crippen molar-refractivity contribution in [2.75, 3.05) is 11.4 Å². The lowest BCUT2D eigenvalue weighted by Crippen LogP contribution is -2.49. The van der Waals surface area contributed by atoms with Crippen LogP contribution in [0.25, 0.3) is 10.8 Å². The van der Waals surface area contributed by atoms with Gasteiger partial charge in [-0.2, -0.15) is 0 Å². The Morgan fingerprint density at radius 2 is 2.14 bits per heavy atom. The molecule has 0 radical (unpaired) electrons. The third-order valence-corrected chi connectivity index (χ3v) is 3.32. The van der Waals surface area contributed by atoms with Gasteiger partial charge in [-0.25, -0.2) is 9.59 Å². The van der Waals surface area contributed by atoms with E-state index in [2.05, 4.69) is 10.3 Å². The number of nitrogens with zero attached hydrogens (tertiary/aromatic N) is 2. The van der Waals surface area contributed by atoms with Crippen molar-refractivity contribution >= 4 is 34.4 Å². The maximum absolute atomic E-state index is 12.0. The number of carbonyl (C=O) groups is 3. The molecule has 2 N–H and O–H groups in total. The third kappa shape index (κ3) is 2.29. The summed E-state index contributed by atoms with van der Waals surface area (Å²) in [6.07, 6.45) is 3.28. The minimum Gasteiger partial charge on any atom is -0.478 e. The minimum atomic E-state index is -1.09. The molecule has 1 aliphatic heterocycles. The number of hydrogen-bond donors (Lipinski definition) is 2. The number of fused-ring (bicyclic) bond motifs is 1. The highest BCUT2D eigenvalue weighted by molar-refractivity contribution is 6.11. The zero-order chi connectivity index (χ0) is 15.0. The van der Waals surface area contributed by atoms with Crippen LogP contribution in [0.3, 0.4) is 0 Å². The Hall–Kier alpha value is -2.96. The Labute approximate surface area is 119 Å². The van der Waals surface area contributed by atoms with Crippen LogP contribution in [0.1, 0.15) is 16.8 Å². The summed E-state index contributed by atoms with van der Waals surface area (Å²) in [5.41, 5.74) is 0.521. The van der Waals surface area contributed by atoms with Gasteiger partial charge < -0.3 is 5.11 Å². The normalized spacial score (nSPS) is 15.1. The highest BCUT2D eigenvalue weighted by atomic mass is 16.4. The first-order valence-corrected chi connectivity index (χ1v) is 6.28. The first-order valence-electron chi connectivity index (χ1n) is 6.28. The maximum Gasteiger partial charge on any atom is 0.335 e. The van der Waals surface area contributed by atoms with Gasteiger partial charge in [-0.1, -0.05) is 0 Å². The molecule has 1 saturated heterocycles. The lowest BCUT2D eigenvalue weighted by molar-refractivity contribution is -0.120. The summed E-state index contributed by atoms with van der Waals surface area (Å²) in [6.45, 7) is 0.213. The van der Waals surface area contributed by atoms with E-state index in [0.29, 0.717) is 16.5 Å². The fraction of sp³-hybridized carbons (Fsp3) is 0.143. The maximum atomic E-state index is 12.0. The molecule has 3 amide bonds. The Morgan fingerprint density at radius 1 is 1.33 bits per heavy atom. The number of aromatic nitrogens is 1. The second-order valence-corrected chi connectivity index (χ2v) is 4.65. The minimum absolute atomic E-state index is 0.0650. The van der Waals surface area contributed by atoms with E-state index in [9.17, 15) is 19.5 Å². The quantitative estimate of drug-likeness (QED) is 0.868. The number of benzene rings is 1. The lowest BCUT2D eigenvalue weighted by atomic mass is 10.1. The van der Waals surface area contributed by atoms with Gasteiger partial charge in [-0.3, -0.25) is 20.0 Å². The lowest BCUT2D eigenvalue weighted by Gasteiger charge is -2.27. The molecule has 0 bridgehead atoms. The molecule has 1 aromatic heterocycles. The third-order valence-electron chi connectivity index (χ3n) is 3.32. The summed E-state index contributed by atoms with van der Waals surface area (Å²) in [7, 11) is 0. The summed E-state index contributed by atoms with van der Waals surface area (Å²) in [5, 5.41) is 12.7. The largest absolute Gasteiger partial charge is 0.478 e. The average molecular weight is 285 g/mol. The number of urea groups is 1. The molecule has 0 spiro atoms. The van der Waals surface area contributed by atoms with Gasteiger partial charge in [0.15, 0.2) is 0 Å². The smallest absolute Gasteiger partial charge is 0.335 e. The zero-order valence-corrected chi connectivity index (χ0v) is 10.9. The van der Waals surface area contributed by atoms with Crippen molar-refractivity contribution in [3.8, 4) is 0 Å². The Balaban J connectivity index is 2.18. The van der Waals surface area contributed by atoms with Crippen LogP contribution in [0.15, 0.2) is 30.6 Å². The van der Waals surface area contributed by atoms with Crippen molar-refractivity contribution in [2.24, 2.45) is 0 Å². The zero-order valence-electron chi connectivity index (χ0n) is 10.9. The summed E-state index contributed by atoms with van der Waals surface area (Å²) in [4.78, 5) is 39.7. The van der Waals surface area contributed by atoms with Gasteiger partial charge in [0.05, 0.1) is 11.3 Å². The number of amides is 3. The van der Waals surface area contributed by atoms with Crippen LogP contribution in [0.2, 0.25) is 0 Å². The second-order valence-electron chi connectivity index (χ2n) is 4.65. The van der Waals surface area contributed by atoms with E-state index in [0.717, 1.165) is 0 Å². The Bertz CT molecular complexity index is 772. The monoisotopic (exact) mass is 285 g/mol. The Morgan fingerprint density at radius 3 is 2.86 bits per heavy atom. The molecule has 0 aliphatic carbocycles. The van der Waals surface area contributed by atoms with Crippen molar-refractivity contribution in [1.82, 2.24) is 10.3 Å². The van der Waals surface area contributed by atoms with E-state index in [-0.39, 0.29) is 24.4 Å². The van der Waals surface area contributed by atoms with Crippen LogP contribution >= 0.6 is 0 Å². The van der Waals surface area contributed by atoms with E-state index >= 15 is 0 Å². The van der Waals surface area contributed by atoms with E-state index in [1.807, 2.05) is 0 Å². The number of aromatic carboxylic acids is 1. The van der Waals surface area contributed by atoms with E-state index in [1.165, 1.54) is 23.2 Å². The number of carboxylic acid groups (broad SMARTS) is 1. The molecule has 1 fully saturated rings. The van der Waals surface area contributed by atoms with E-state index < -0.39 is 12.0 Å². The molecule has 7 heteroatoms. The number of carbonyl (C=O) groups excluding carboxylic acids is 2. The molecule has 2 aromatic rings. The number of rotatable bonds is 2. The number of pyridine rings is 1. The van der Waals surface area contributed by atoms with Crippen LogP contribution in [-0.2, 0) is 4.79 Å². The molecule has 106 valence electrons. The molecule has 0 atom stereocenters. The summed E-state index contributed by atoms with van der Waals surface area (Å²) >= 11 is 0. The number of anilines is 1. The van der Waals surface area contributed by atoms with Gasteiger partial charge in [-0.05, 0) is 18.2 Å². The van der Waals surface area contributed by atoms with Gasteiger partial charge in [0.25, 0.3) is 0 Å². The van der Waals surface area contributed by atoms with Gasteiger partial charge in [-0.15, -0.1) is 0 Å². The van der Waals surface area contributed by atoms with Crippen molar-refractivity contribution in [3.05, 3.63) is 36.2 Å². The van der Waals surface area contributed by atoms with Crippen LogP contribution < -0.4 is 10.2 Å². The predicted octanol–water partition coefficient (Wildman–Crippen LogP) is 1.38. The average Bonchev–Trinajstić information content (AvgIpc) is 2.46. The van der Waals surface area contributed by atoms with E-state index in [1.54, 1.807) is 12.3 Å². The molecule has 0 unspecified atom stereocenters. The van der Waals surface area contributed by atoms with Gasteiger partial charge in [0.1, 0.15) is 0 Å². The molecule has 7 nitrogen and oxygen atoms in total. The predicted molar refractivity (Wildman–Crippen MR) is 74.2 cm³/mol. The molecule has 3 rings (SSSR count). The molecular weight excluding hydrogens is 274 g/mol. The number of imide groups is 1. The molecule has 1 aliphatic rings. The van der Waals surface area contributed by atoms with Crippen molar-refractivity contribution in [1.29, 1.82) is 0 Å². The Kier molecular flexibility index (Phi) is 3.02. The van der Waals surface area contributed by atoms with Crippen molar-refractivity contribution in [2.45, 2.75) is 6.42 Å². The first kappa shape index (κ1) is 13.0. The van der Waals surface area contributed by atoms with Crippen LogP contribution in [-0.4, -0.2) is 34.5 Å². The fourth-order valence-electron chi connectivity index (χ4n) is 2.33. The summed E-state index contributed by atoms with van der Waals surface area (Å²) in [5.74, 6) is -1.42. The highest BCUT2D eigenvalue weighted by Gasteiger charge is 2.26. The second kappa shape index (κ2) is 4.86. The fourth-order valence-corrected chi connectivity index (χ4v) is 2.33. The summed E-state index contributed by atoms with van der Waals surface area (Å²) < 4.78 is 0. The van der Waals surface area contributed by atoms with Crippen molar-refractivity contribution in [3.63, 3.8) is 0 Å². The van der Waals surface area contributed by atoms with Crippen molar-refractivity contribution < 1.29 is 19.5 Å². The van der Waals surface area contributed by atoms with Gasteiger partial charge in [0, 0.05) is 36.1 Å². The van der Waals surface area contributed by atoms with Crippen LogP contribution in [0, 0.1) is 0 Å². The number of hydrogen-bond acceptors (Lipinski definition) is 4. The van der Waals surface area contributed by atoms with Gasteiger partial charge >= 0.3 is 12.0 Å². The first-order chi connectivity index (χ1) is 10.1. The standard InChI is InChI=1S/C14H11N3O4/c18-12-2-4-17(14(21)16-12)11-6-8(13(19)20)5-9-7-15-3-1-10(9)11/h1,3,5-7H,2,4H2,(H,19,20)(H,16,18,21). The molecular formula is C14H11N3O4. The van der Waals surface area contributed by atoms with Crippen LogP contribution in [0.5, 0.6) is 0 Å². The number of carboxylic acids is 1. The SMILES string of the molecule is O=C1CCN(c2cc(C(=O)O)cc3cnccc23)C(=O)N1. The topological polar surface area (TPSA) is 99.6 Å². The number of nitrogens with one attached hydrogen (secondary N) is 1. The molecule has 1 aromatic carbocycles. The van der Waals surface area contributed by atoms with E-state index in [4.69, 9.17) is 0 Å². The molecule has 0 saturated carbocycles. The molecule has 21 heavy (non-hydrogen) atoms. The molecule has 2 heterocycles. The van der Waals surface area contributed by atoms with Gasteiger partial charge in [0.2, 0.25) is 5.91 Å². The van der Waals surface area contributed by atoms with Crippen LogP contribution in [0.4, 0.5) is 10.5 Å². The highest BCUT2D eigenvalue weighted by Crippen LogP contribution is 2.29.